The quantitative estimate of drug-likeness (QED) is 0.623. The smallest absolute Gasteiger partial charge is 0.252 e. The van der Waals surface area contributed by atoms with E-state index in [-0.39, 0.29) is 5.91 Å². The zero-order chi connectivity index (χ0) is 17.8. The number of nitrogens with zero attached hydrogens (tertiary/aromatic N) is 1. The van der Waals surface area contributed by atoms with Crippen LogP contribution in [0.2, 0.25) is 0 Å². The van der Waals surface area contributed by atoms with Gasteiger partial charge in [-0.15, -0.1) is 0 Å². The van der Waals surface area contributed by atoms with E-state index in [9.17, 15) is 4.79 Å². The molecule has 0 spiro atoms. The number of hydrogen-bond donors (Lipinski definition) is 1. The van der Waals surface area contributed by atoms with Gasteiger partial charge in [-0.25, -0.2) is 4.98 Å². The van der Waals surface area contributed by atoms with Crippen LogP contribution in [-0.4, -0.2) is 17.4 Å². The summed E-state index contributed by atoms with van der Waals surface area (Å²) in [5.41, 5.74) is 3.28. The summed E-state index contributed by atoms with van der Waals surface area (Å²) in [6, 6.07) is 17.6. The van der Waals surface area contributed by atoms with Crippen LogP contribution in [0.1, 0.15) is 30.6 Å². The molecule has 0 aliphatic carbocycles. The van der Waals surface area contributed by atoms with Crippen LogP contribution in [0.3, 0.4) is 0 Å². The fourth-order valence-electron chi connectivity index (χ4n) is 2.73. The Morgan fingerprint density at radius 3 is 2.68 bits per heavy atom. The lowest BCUT2D eigenvalue weighted by molar-refractivity contribution is 0.0953. The second kappa shape index (κ2) is 7.79. The molecule has 0 saturated carbocycles. The van der Waals surface area contributed by atoms with Crippen LogP contribution in [-0.2, 0) is 0 Å². The van der Waals surface area contributed by atoms with Crippen LogP contribution in [0.15, 0.2) is 59.1 Å². The van der Waals surface area contributed by atoms with Gasteiger partial charge in [-0.2, -0.15) is 0 Å². The standard InChI is InChI=1S/C21H21BrN2O/c1-14(2)10-11-23-21(25)18-13-20(15-6-5-7-16(22)12-15)24-19-9-4-3-8-17(18)19/h3-9,12-14H,10-11H2,1-2H3,(H,23,25). The molecule has 1 N–H and O–H groups in total. The molecule has 0 radical (unpaired) electrons. The average molecular weight is 397 g/mol. The van der Waals surface area contributed by atoms with Gasteiger partial charge in [-0.3, -0.25) is 4.79 Å². The van der Waals surface area contributed by atoms with E-state index in [4.69, 9.17) is 4.98 Å². The van der Waals surface area contributed by atoms with Crippen LogP contribution in [0.25, 0.3) is 22.2 Å². The van der Waals surface area contributed by atoms with Crippen LogP contribution in [0, 0.1) is 5.92 Å². The molecule has 3 nitrogen and oxygen atoms in total. The number of aromatic nitrogens is 1. The molecule has 0 aliphatic rings. The Bertz CT molecular complexity index is 905. The number of halogens is 1. The fraction of sp³-hybridized carbons (Fsp3) is 0.238. The highest BCUT2D eigenvalue weighted by Gasteiger charge is 2.14. The molecular weight excluding hydrogens is 376 g/mol. The first-order valence-electron chi connectivity index (χ1n) is 8.48. The van der Waals surface area contributed by atoms with E-state index in [1.807, 2.05) is 54.6 Å². The third-order valence-electron chi connectivity index (χ3n) is 4.09. The Morgan fingerprint density at radius 1 is 1.12 bits per heavy atom. The topological polar surface area (TPSA) is 42.0 Å². The number of hydrogen-bond acceptors (Lipinski definition) is 2. The van der Waals surface area contributed by atoms with Crippen molar-refractivity contribution >= 4 is 32.7 Å². The lowest BCUT2D eigenvalue weighted by atomic mass is 10.0. The maximum absolute atomic E-state index is 12.7. The molecule has 128 valence electrons. The summed E-state index contributed by atoms with van der Waals surface area (Å²) in [7, 11) is 0. The molecule has 3 aromatic rings. The largest absolute Gasteiger partial charge is 0.352 e. The summed E-state index contributed by atoms with van der Waals surface area (Å²) in [4.78, 5) is 17.5. The second-order valence-corrected chi connectivity index (χ2v) is 7.44. The second-order valence-electron chi connectivity index (χ2n) is 6.52. The van der Waals surface area contributed by atoms with Crippen molar-refractivity contribution in [3.8, 4) is 11.3 Å². The number of benzene rings is 2. The number of para-hydroxylation sites is 1. The van der Waals surface area contributed by atoms with Crippen molar-refractivity contribution in [2.45, 2.75) is 20.3 Å². The van der Waals surface area contributed by atoms with Gasteiger partial charge in [0.25, 0.3) is 5.91 Å². The summed E-state index contributed by atoms with van der Waals surface area (Å²) in [5.74, 6) is 0.516. The Kier molecular flexibility index (Phi) is 5.49. The molecule has 25 heavy (non-hydrogen) atoms. The Labute approximate surface area is 156 Å². The number of carbonyl (C=O) groups is 1. The molecular formula is C21H21BrN2O. The maximum atomic E-state index is 12.7. The van der Waals surface area contributed by atoms with Gasteiger partial charge < -0.3 is 5.32 Å². The van der Waals surface area contributed by atoms with E-state index in [0.717, 1.165) is 33.1 Å². The lowest BCUT2D eigenvalue weighted by Crippen LogP contribution is -2.25. The molecule has 4 heteroatoms. The fourth-order valence-corrected chi connectivity index (χ4v) is 3.13. The summed E-state index contributed by atoms with van der Waals surface area (Å²) >= 11 is 3.50. The van der Waals surface area contributed by atoms with Gasteiger partial charge >= 0.3 is 0 Å². The Hall–Kier alpha value is -2.20. The molecule has 0 atom stereocenters. The predicted molar refractivity (Wildman–Crippen MR) is 107 cm³/mol. The molecule has 3 rings (SSSR count). The van der Waals surface area contributed by atoms with Gasteiger partial charge in [-0.1, -0.05) is 60.1 Å². The van der Waals surface area contributed by atoms with Gasteiger partial charge in [0.2, 0.25) is 0 Å². The number of pyridine rings is 1. The molecule has 0 saturated heterocycles. The van der Waals surface area contributed by atoms with E-state index in [0.29, 0.717) is 18.0 Å². The van der Waals surface area contributed by atoms with Gasteiger partial charge in [0, 0.05) is 22.0 Å². The van der Waals surface area contributed by atoms with Crippen molar-refractivity contribution in [1.29, 1.82) is 0 Å². The minimum Gasteiger partial charge on any atom is -0.352 e. The average Bonchev–Trinajstić information content (AvgIpc) is 2.60. The minimum absolute atomic E-state index is 0.0458. The minimum atomic E-state index is -0.0458. The number of rotatable bonds is 5. The van der Waals surface area contributed by atoms with Crippen molar-refractivity contribution in [1.82, 2.24) is 10.3 Å². The van der Waals surface area contributed by atoms with Crippen molar-refractivity contribution < 1.29 is 4.79 Å². The molecule has 1 amide bonds. The zero-order valence-electron chi connectivity index (χ0n) is 14.4. The van der Waals surface area contributed by atoms with E-state index >= 15 is 0 Å². The molecule has 0 bridgehead atoms. The first kappa shape index (κ1) is 17.6. The van der Waals surface area contributed by atoms with Crippen molar-refractivity contribution in [2.75, 3.05) is 6.54 Å². The summed E-state index contributed by atoms with van der Waals surface area (Å²) in [6.45, 7) is 4.98. The summed E-state index contributed by atoms with van der Waals surface area (Å²) < 4.78 is 0.989. The highest BCUT2D eigenvalue weighted by atomic mass is 79.9. The lowest BCUT2D eigenvalue weighted by Gasteiger charge is -2.11. The van der Waals surface area contributed by atoms with E-state index in [1.165, 1.54) is 0 Å². The molecule has 0 fully saturated rings. The highest BCUT2D eigenvalue weighted by Crippen LogP contribution is 2.26. The molecule has 1 aromatic heterocycles. The third kappa shape index (κ3) is 4.26. The van der Waals surface area contributed by atoms with E-state index in [2.05, 4.69) is 35.1 Å². The van der Waals surface area contributed by atoms with Crippen LogP contribution < -0.4 is 5.32 Å². The van der Waals surface area contributed by atoms with Crippen molar-refractivity contribution in [3.63, 3.8) is 0 Å². The number of fused-ring (bicyclic) bond motifs is 1. The van der Waals surface area contributed by atoms with Crippen LogP contribution in [0.5, 0.6) is 0 Å². The number of carbonyl (C=O) groups excluding carboxylic acids is 1. The summed E-state index contributed by atoms with van der Waals surface area (Å²) in [5, 5.41) is 3.91. The van der Waals surface area contributed by atoms with Gasteiger partial charge in [-0.05, 0) is 36.6 Å². The molecule has 1 heterocycles. The number of nitrogens with one attached hydrogen (secondary N) is 1. The molecule has 0 aliphatic heterocycles. The number of amides is 1. The van der Waals surface area contributed by atoms with Gasteiger partial charge in [0.05, 0.1) is 16.8 Å². The molecule has 0 unspecified atom stereocenters. The van der Waals surface area contributed by atoms with Crippen LogP contribution >= 0.6 is 15.9 Å². The zero-order valence-corrected chi connectivity index (χ0v) is 16.0. The normalized spacial score (nSPS) is 11.0. The van der Waals surface area contributed by atoms with Gasteiger partial charge in [0.1, 0.15) is 0 Å². The maximum Gasteiger partial charge on any atom is 0.252 e. The van der Waals surface area contributed by atoms with Crippen LogP contribution in [0.4, 0.5) is 0 Å². The highest BCUT2D eigenvalue weighted by molar-refractivity contribution is 9.10. The Balaban J connectivity index is 2.02. The van der Waals surface area contributed by atoms with Gasteiger partial charge in [0.15, 0.2) is 0 Å². The van der Waals surface area contributed by atoms with E-state index < -0.39 is 0 Å². The van der Waals surface area contributed by atoms with Crippen molar-refractivity contribution in [3.05, 3.63) is 64.6 Å². The molecule has 2 aromatic carbocycles. The predicted octanol–water partition coefficient (Wildman–Crippen LogP) is 5.44. The monoisotopic (exact) mass is 396 g/mol. The SMILES string of the molecule is CC(C)CCNC(=O)c1cc(-c2cccc(Br)c2)nc2ccccc12. The Morgan fingerprint density at radius 2 is 1.92 bits per heavy atom. The first-order valence-corrected chi connectivity index (χ1v) is 9.28. The van der Waals surface area contributed by atoms with E-state index in [1.54, 1.807) is 0 Å². The third-order valence-corrected chi connectivity index (χ3v) is 4.58. The summed E-state index contributed by atoms with van der Waals surface area (Å²) in [6.07, 6.45) is 0.966. The van der Waals surface area contributed by atoms with Crippen molar-refractivity contribution in [2.24, 2.45) is 5.92 Å². The first-order chi connectivity index (χ1) is 12.0.